The molecule has 1 aliphatic rings. The molecule has 2 amide bonds. The van der Waals surface area contributed by atoms with E-state index in [1.165, 1.54) is 6.92 Å². The van der Waals surface area contributed by atoms with Crippen LogP contribution < -0.4 is 10.6 Å². The molecule has 0 heterocycles. The van der Waals surface area contributed by atoms with Crippen LogP contribution in [0.4, 0.5) is 0 Å². The maximum Gasteiger partial charge on any atom is 0.329 e. The molecule has 1 atom stereocenters. The van der Waals surface area contributed by atoms with Crippen molar-refractivity contribution in [3.05, 3.63) is 35.4 Å². The SMILES string of the molecule is CC(=O)N[C@H](CC(=O)NC1(C(=O)O)CCCC1)c1ccc(C)cc1. The Morgan fingerprint density at radius 1 is 1.17 bits per heavy atom. The van der Waals surface area contributed by atoms with Gasteiger partial charge in [-0.15, -0.1) is 0 Å². The first kappa shape index (κ1) is 18.0. The molecule has 3 N–H and O–H groups in total. The molecule has 1 aromatic carbocycles. The summed E-state index contributed by atoms with van der Waals surface area (Å²) in [6, 6.07) is 7.09. The highest BCUT2D eigenvalue weighted by Crippen LogP contribution is 2.30. The van der Waals surface area contributed by atoms with E-state index in [1.807, 2.05) is 31.2 Å². The molecule has 0 radical (unpaired) electrons. The Labute approximate surface area is 141 Å². The highest BCUT2D eigenvalue weighted by molar-refractivity contribution is 5.88. The molecule has 6 heteroatoms. The minimum atomic E-state index is -1.16. The highest BCUT2D eigenvalue weighted by Gasteiger charge is 2.42. The van der Waals surface area contributed by atoms with Gasteiger partial charge >= 0.3 is 5.97 Å². The zero-order valence-corrected chi connectivity index (χ0v) is 14.1. The number of hydrogen-bond donors (Lipinski definition) is 3. The molecule has 0 unspecified atom stereocenters. The highest BCUT2D eigenvalue weighted by atomic mass is 16.4. The van der Waals surface area contributed by atoms with E-state index in [0.717, 1.165) is 24.0 Å². The van der Waals surface area contributed by atoms with Gasteiger partial charge in [0.15, 0.2) is 0 Å². The molecule has 1 fully saturated rings. The summed E-state index contributed by atoms with van der Waals surface area (Å²) < 4.78 is 0. The average Bonchev–Trinajstić information content (AvgIpc) is 2.96. The van der Waals surface area contributed by atoms with Crippen LogP contribution in [0, 0.1) is 6.92 Å². The van der Waals surface area contributed by atoms with Crippen LogP contribution in [-0.4, -0.2) is 28.4 Å². The van der Waals surface area contributed by atoms with E-state index >= 15 is 0 Å². The number of aliphatic carboxylic acids is 1. The number of benzene rings is 1. The third-order valence-electron chi connectivity index (χ3n) is 4.49. The molecule has 130 valence electrons. The van der Waals surface area contributed by atoms with Gasteiger partial charge in [0.25, 0.3) is 0 Å². The van der Waals surface area contributed by atoms with Crippen LogP contribution in [0.2, 0.25) is 0 Å². The number of carboxylic acids is 1. The zero-order valence-electron chi connectivity index (χ0n) is 14.1. The lowest BCUT2D eigenvalue weighted by Gasteiger charge is -2.27. The third-order valence-corrected chi connectivity index (χ3v) is 4.49. The number of carbonyl (C=O) groups is 3. The van der Waals surface area contributed by atoms with Crippen LogP contribution in [0.3, 0.4) is 0 Å². The van der Waals surface area contributed by atoms with E-state index in [1.54, 1.807) is 0 Å². The first-order chi connectivity index (χ1) is 11.3. The van der Waals surface area contributed by atoms with E-state index in [4.69, 9.17) is 0 Å². The summed E-state index contributed by atoms with van der Waals surface area (Å²) in [7, 11) is 0. The van der Waals surface area contributed by atoms with E-state index in [2.05, 4.69) is 10.6 Å². The lowest BCUT2D eigenvalue weighted by atomic mass is 9.96. The molecule has 1 aromatic rings. The first-order valence-corrected chi connectivity index (χ1v) is 8.20. The van der Waals surface area contributed by atoms with E-state index in [0.29, 0.717) is 12.8 Å². The van der Waals surface area contributed by atoms with Crippen molar-refractivity contribution in [2.75, 3.05) is 0 Å². The monoisotopic (exact) mass is 332 g/mol. The quantitative estimate of drug-likeness (QED) is 0.743. The number of aryl methyl sites for hydroxylation is 1. The van der Waals surface area contributed by atoms with Crippen molar-refractivity contribution in [1.29, 1.82) is 0 Å². The van der Waals surface area contributed by atoms with Gasteiger partial charge in [-0.05, 0) is 25.3 Å². The molecule has 0 saturated heterocycles. The van der Waals surface area contributed by atoms with E-state index in [-0.39, 0.29) is 18.2 Å². The predicted octanol–water partition coefficient (Wildman–Crippen LogP) is 2.08. The molecule has 1 saturated carbocycles. The zero-order chi connectivity index (χ0) is 17.7. The van der Waals surface area contributed by atoms with Crippen molar-refractivity contribution in [2.45, 2.75) is 57.5 Å². The van der Waals surface area contributed by atoms with Crippen LogP contribution in [0.15, 0.2) is 24.3 Å². The van der Waals surface area contributed by atoms with Gasteiger partial charge in [-0.2, -0.15) is 0 Å². The number of carboxylic acid groups (broad SMARTS) is 1. The standard InChI is InChI=1S/C18H24N2O4/c1-12-5-7-14(8-6-12)15(19-13(2)21)11-16(22)20-18(17(23)24)9-3-4-10-18/h5-8,15H,3-4,9-11H2,1-2H3,(H,19,21)(H,20,22)(H,23,24)/t15-/m1/s1. The van der Waals surface area contributed by atoms with Gasteiger partial charge in [0.1, 0.15) is 5.54 Å². The maximum absolute atomic E-state index is 12.4. The number of amides is 2. The summed E-state index contributed by atoms with van der Waals surface area (Å²) in [6.07, 6.45) is 2.49. The summed E-state index contributed by atoms with van der Waals surface area (Å²) in [4.78, 5) is 35.4. The first-order valence-electron chi connectivity index (χ1n) is 8.20. The van der Waals surface area contributed by atoms with Crippen LogP contribution in [0.5, 0.6) is 0 Å². The third kappa shape index (κ3) is 4.34. The van der Waals surface area contributed by atoms with Gasteiger partial charge in [-0.25, -0.2) is 4.79 Å². The second-order valence-corrected chi connectivity index (χ2v) is 6.51. The summed E-state index contributed by atoms with van der Waals surface area (Å²) in [6.45, 7) is 3.36. The van der Waals surface area contributed by atoms with Crippen LogP contribution in [-0.2, 0) is 14.4 Å². The predicted molar refractivity (Wildman–Crippen MR) is 89.3 cm³/mol. The minimum Gasteiger partial charge on any atom is -0.480 e. The molecule has 0 bridgehead atoms. The lowest BCUT2D eigenvalue weighted by Crippen LogP contribution is -2.53. The summed E-state index contributed by atoms with van der Waals surface area (Å²) in [5, 5.41) is 14.9. The smallest absolute Gasteiger partial charge is 0.329 e. The van der Waals surface area contributed by atoms with Crippen LogP contribution >= 0.6 is 0 Å². The Bertz CT molecular complexity index is 618. The number of nitrogens with one attached hydrogen (secondary N) is 2. The van der Waals surface area contributed by atoms with Gasteiger partial charge in [0, 0.05) is 6.92 Å². The fraction of sp³-hybridized carbons (Fsp3) is 0.500. The molecule has 0 aromatic heterocycles. The second-order valence-electron chi connectivity index (χ2n) is 6.51. The van der Waals surface area contributed by atoms with Crippen molar-refractivity contribution in [2.24, 2.45) is 0 Å². The molecule has 6 nitrogen and oxygen atoms in total. The Kier molecular flexibility index (Phi) is 5.59. The van der Waals surface area contributed by atoms with Gasteiger partial charge in [0.2, 0.25) is 11.8 Å². The number of rotatable bonds is 6. The van der Waals surface area contributed by atoms with Gasteiger partial charge in [0.05, 0.1) is 12.5 Å². The van der Waals surface area contributed by atoms with Crippen molar-refractivity contribution < 1.29 is 19.5 Å². The normalized spacial score (nSPS) is 17.1. The van der Waals surface area contributed by atoms with Crippen molar-refractivity contribution in [3.63, 3.8) is 0 Å². The largest absolute Gasteiger partial charge is 0.480 e. The molecule has 2 rings (SSSR count). The Balaban J connectivity index is 2.10. The molecule has 0 aliphatic heterocycles. The number of carbonyl (C=O) groups excluding carboxylic acids is 2. The van der Waals surface area contributed by atoms with E-state index < -0.39 is 17.6 Å². The van der Waals surface area contributed by atoms with Gasteiger partial charge < -0.3 is 15.7 Å². The second kappa shape index (κ2) is 7.47. The Morgan fingerprint density at radius 3 is 2.25 bits per heavy atom. The fourth-order valence-corrected chi connectivity index (χ4v) is 3.17. The van der Waals surface area contributed by atoms with Crippen LogP contribution in [0.25, 0.3) is 0 Å². The van der Waals surface area contributed by atoms with Gasteiger partial charge in [-0.3, -0.25) is 9.59 Å². The van der Waals surface area contributed by atoms with Crippen molar-refractivity contribution >= 4 is 17.8 Å². The number of hydrogen-bond acceptors (Lipinski definition) is 3. The fourth-order valence-electron chi connectivity index (χ4n) is 3.17. The molecule has 0 spiro atoms. The minimum absolute atomic E-state index is 0.0116. The summed E-state index contributed by atoms with van der Waals surface area (Å²) in [5.74, 6) is -1.58. The Hall–Kier alpha value is -2.37. The van der Waals surface area contributed by atoms with E-state index in [9.17, 15) is 19.5 Å². The Morgan fingerprint density at radius 2 is 1.75 bits per heavy atom. The van der Waals surface area contributed by atoms with Crippen molar-refractivity contribution in [1.82, 2.24) is 10.6 Å². The van der Waals surface area contributed by atoms with Gasteiger partial charge in [-0.1, -0.05) is 42.7 Å². The average molecular weight is 332 g/mol. The summed E-state index contributed by atoms with van der Waals surface area (Å²) >= 11 is 0. The topological polar surface area (TPSA) is 95.5 Å². The van der Waals surface area contributed by atoms with Crippen LogP contribution in [0.1, 0.15) is 56.2 Å². The molecule has 1 aliphatic carbocycles. The summed E-state index contributed by atoms with van der Waals surface area (Å²) in [5.41, 5.74) is 0.743. The lowest BCUT2D eigenvalue weighted by molar-refractivity contribution is -0.147. The maximum atomic E-state index is 12.4. The molecule has 24 heavy (non-hydrogen) atoms. The molecular formula is C18H24N2O4. The van der Waals surface area contributed by atoms with Crippen molar-refractivity contribution in [3.8, 4) is 0 Å². The molecular weight excluding hydrogens is 308 g/mol.